The zero-order valence-corrected chi connectivity index (χ0v) is 16.1. The van der Waals surface area contributed by atoms with E-state index in [-0.39, 0.29) is 0 Å². The summed E-state index contributed by atoms with van der Waals surface area (Å²) >= 11 is 0. The molecule has 2 heterocycles. The number of hydrogen-bond donors (Lipinski definition) is 0. The van der Waals surface area contributed by atoms with E-state index in [0.717, 1.165) is 44.0 Å². The van der Waals surface area contributed by atoms with Gasteiger partial charge in [0, 0.05) is 44.3 Å². The highest BCUT2D eigenvalue weighted by atomic mass is 16.5. The standard InChI is InChI=1S/C22H28N4O/c1-27-22-11-5-4-10-21(22)25-16-14-24(15-17-25)12-6-7-13-26-18-19-8-2-3-9-20(19)23-26/h2-5,8-11,18H,6-7,12-17H2,1H3. The minimum Gasteiger partial charge on any atom is -0.495 e. The van der Waals surface area contributed by atoms with Gasteiger partial charge in [-0.3, -0.25) is 9.58 Å². The summed E-state index contributed by atoms with van der Waals surface area (Å²) in [5.41, 5.74) is 2.30. The molecule has 0 saturated carbocycles. The monoisotopic (exact) mass is 364 g/mol. The lowest BCUT2D eigenvalue weighted by molar-refractivity contribution is 0.250. The molecular weight excluding hydrogens is 336 g/mol. The maximum absolute atomic E-state index is 5.51. The smallest absolute Gasteiger partial charge is 0.142 e. The summed E-state index contributed by atoms with van der Waals surface area (Å²) in [6, 6.07) is 16.6. The second kappa shape index (κ2) is 8.44. The van der Waals surface area contributed by atoms with Gasteiger partial charge >= 0.3 is 0 Å². The Hall–Kier alpha value is -2.53. The zero-order valence-electron chi connectivity index (χ0n) is 16.1. The van der Waals surface area contributed by atoms with Crippen molar-refractivity contribution < 1.29 is 4.74 Å². The molecule has 1 aliphatic rings. The Morgan fingerprint density at radius 3 is 2.44 bits per heavy atom. The van der Waals surface area contributed by atoms with E-state index >= 15 is 0 Å². The second-order valence-corrected chi connectivity index (χ2v) is 7.16. The lowest BCUT2D eigenvalue weighted by atomic mass is 10.2. The highest BCUT2D eigenvalue weighted by molar-refractivity contribution is 5.77. The van der Waals surface area contributed by atoms with Gasteiger partial charge in [-0.2, -0.15) is 5.10 Å². The van der Waals surface area contributed by atoms with Crippen LogP contribution in [0.3, 0.4) is 0 Å². The first-order chi connectivity index (χ1) is 13.3. The minimum atomic E-state index is 0.970. The van der Waals surface area contributed by atoms with Gasteiger partial charge in [0.05, 0.1) is 18.3 Å². The van der Waals surface area contributed by atoms with Crippen molar-refractivity contribution in [3.05, 3.63) is 54.7 Å². The van der Waals surface area contributed by atoms with Crippen LogP contribution in [0.15, 0.2) is 54.7 Å². The molecule has 0 radical (unpaired) electrons. The van der Waals surface area contributed by atoms with Crippen molar-refractivity contribution in [1.82, 2.24) is 14.7 Å². The molecule has 1 fully saturated rings. The fraction of sp³-hybridized carbons (Fsp3) is 0.409. The lowest BCUT2D eigenvalue weighted by Gasteiger charge is -2.36. The van der Waals surface area contributed by atoms with Gasteiger partial charge in [0.2, 0.25) is 0 Å². The molecule has 0 N–H and O–H groups in total. The van der Waals surface area contributed by atoms with E-state index in [2.05, 4.69) is 56.1 Å². The number of fused-ring (bicyclic) bond motifs is 1. The molecule has 0 spiro atoms. The normalized spacial score (nSPS) is 15.4. The zero-order chi connectivity index (χ0) is 18.5. The Morgan fingerprint density at radius 1 is 0.889 bits per heavy atom. The molecule has 0 atom stereocenters. The van der Waals surface area contributed by atoms with Gasteiger partial charge in [-0.05, 0) is 37.6 Å². The van der Waals surface area contributed by atoms with Crippen molar-refractivity contribution in [2.24, 2.45) is 0 Å². The molecule has 0 aliphatic carbocycles. The van der Waals surface area contributed by atoms with Crippen LogP contribution < -0.4 is 9.64 Å². The predicted molar refractivity (Wildman–Crippen MR) is 111 cm³/mol. The van der Waals surface area contributed by atoms with Crippen LogP contribution >= 0.6 is 0 Å². The summed E-state index contributed by atoms with van der Waals surface area (Å²) in [6.07, 6.45) is 4.53. The van der Waals surface area contributed by atoms with Crippen LogP contribution in [0.2, 0.25) is 0 Å². The summed E-state index contributed by atoms with van der Waals surface area (Å²) in [6.45, 7) is 6.51. The molecule has 0 amide bonds. The highest BCUT2D eigenvalue weighted by Crippen LogP contribution is 2.28. The van der Waals surface area contributed by atoms with Crippen LogP contribution in [-0.2, 0) is 6.54 Å². The topological polar surface area (TPSA) is 33.5 Å². The van der Waals surface area contributed by atoms with Crippen LogP contribution in [-0.4, -0.2) is 54.5 Å². The summed E-state index contributed by atoms with van der Waals surface area (Å²) in [4.78, 5) is 5.01. The number of ether oxygens (including phenoxy) is 1. The van der Waals surface area contributed by atoms with Gasteiger partial charge < -0.3 is 9.64 Å². The molecule has 1 aliphatic heterocycles. The molecule has 27 heavy (non-hydrogen) atoms. The molecule has 0 unspecified atom stereocenters. The Labute approximate surface area is 161 Å². The Balaban J connectivity index is 1.20. The molecule has 2 aromatic carbocycles. The summed E-state index contributed by atoms with van der Waals surface area (Å²) < 4.78 is 7.59. The van der Waals surface area contributed by atoms with Crippen molar-refractivity contribution in [2.75, 3.05) is 44.7 Å². The second-order valence-electron chi connectivity index (χ2n) is 7.16. The van der Waals surface area contributed by atoms with Gasteiger partial charge in [-0.15, -0.1) is 0 Å². The highest BCUT2D eigenvalue weighted by Gasteiger charge is 2.19. The number of hydrogen-bond acceptors (Lipinski definition) is 4. The van der Waals surface area contributed by atoms with Crippen molar-refractivity contribution in [1.29, 1.82) is 0 Å². The number of nitrogens with zero attached hydrogens (tertiary/aromatic N) is 4. The molecule has 5 heteroatoms. The van der Waals surface area contributed by atoms with Crippen LogP contribution in [0.5, 0.6) is 5.75 Å². The van der Waals surface area contributed by atoms with Gasteiger partial charge in [0.25, 0.3) is 0 Å². The van der Waals surface area contributed by atoms with E-state index in [4.69, 9.17) is 4.74 Å². The first kappa shape index (κ1) is 17.9. The molecule has 4 rings (SSSR count). The molecule has 1 saturated heterocycles. The van der Waals surface area contributed by atoms with Crippen LogP contribution in [0.1, 0.15) is 12.8 Å². The number of aryl methyl sites for hydroxylation is 1. The number of aromatic nitrogens is 2. The molecule has 5 nitrogen and oxygen atoms in total. The third-order valence-corrected chi connectivity index (χ3v) is 5.37. The van der Waals surface area contributed by atoms with Crippen molar-refractivity contribution in [3.8, 4) is 5.75 Å². The first-order valence-corrected chi connectivity index (χ1v) is 9.86. The molecule has 0 bridgehead atoms. The number of anilines is 1. The largest absolute Gasteiger partial charge is 0.495 e. The third kappa shape index (κ3) is 4.25. The fourth-order valence-electron chi connectivity index (χ4n) is 3.84. The van der Waals surface area contributed by atoms with Crippen LogP contribution in [0, 0.1) is 0 Å². The summed E-state index contributed by atoms with van der Waals surface area (Å²) in [5, 5.41) is 5.87. The third-order valence-electron chi connectivity index (χ3n) is 5.37. The number of methoxy groups -OCH3 is 1. The van der Waals surface area contributed by atoms with E-state index in [0.29, 0.717) is 0 Å². The Kier molecular flexibility index (Phi) is 5.58. The molecule has 142 valence electrons. The molecule has 1 aromatic heterocycles. The lowest BCUT2D eigenvalue weighted by Crippen LogP contribution is -2.46. The van der Waals surface area contributed by atoms with Gasteiger partial charge in [0.15, 0.2) is 0 Å². The number of rotatable bonds is 7. The predicted octanol–water partition coefficient (Wildman–Crippen LogP) is 3.65. The first-order valence-electron chi connectivity index (χ1n) is 9.86. The quantitative estimate of drug-likeness (QED) is 0.599. The van der Waals surface area contributed by atoms with Gasteiger partial charge in [-0.25, -0.2) is 0 Å². The van der Waals surface area contributed by atoms with Gasteiger partial charge in [0.1, 0.15) is 5.75 Å². The average molecular weight is 364 g/mol. The van der Waals surface area contributed by atoms with E-state index in [1.165, 1.54) is 30.5 Å². The van der Waals surface area contributed by atoms with Crippen LogP contribution in [0.25, 0.3) is 10.9 Å². The van der Waals surface area contributed by atoms with Crippen molar-refractivity contribution in [3.63, 3.8) is 0 Å². The van der Waals surface area contributed by atoms with Crippen molar-refractivity contribution in [2.45, 2.75) is 19.4 Å². The van der Waals surface area contributed by atoms with Gasteiger partial charge in [-0.1, -0.05) is 30.3 Å². The SMILES string of the molecule is COc1ccccc1N1CCN(CCCCn2cc3ccccc3n2)CC1. The maximum atomic E-state index is 5.51. The maximum Gasteiger partial charge on any atom is 0.142 e. The fourth-order valence-corrected chi connectivity index (χ4v) is 3.84. The summed E-state index contributed by atoms with van der Waals surface area (Å²) in [7, 11) is 1.75. The number of para-hydroxylation sites is 2. The average Bonchev–Trinajstić information content (AvgIpc) is 3.14. The van der Waals surface area contributed by atoms with E-state index in [9.17, 15) is 0 Å². The van der Waals surface area contributed by atoms with E-state index in [1.54, 1.807) is 7.11 Å². The van der Waals surface area contributed by atoms with E-state index in [1.807, 2.05) is 18.2 Å². The van der Waals surface area contributed by atoms with Crippen molar-refractivity contribution >= 4 is 16.6 Å². The Bertz CT molecular complexity index is 834. The van der Waals surface area contributed by atoms with E-state index < -0.39 is 0 Å². The molecular formula is C22H28N4O. The summed E-state index contributed by atoms with van der Waals surface area (Å²) in [5.74, 6) is 0.970. The Morgan fingerprint density at radius 2 is 1.63 bits per heavy atom. The molecule has 3 aromatic rings. The number of unbranched alkanes of at least 4 members (excludes halogenated alkanes) is 1. The number of piperazine rings is 1. The van der Waals surface area contributed by atoms with Crippen LogP contribution in [0.4, 0.5) is 5.69 Å². The number of benzene rings is 2. The minimum absolute atomic E-state index is 0.970.